The summed E-state index contributed by atoms with van der Waals surface area (Å²) in [6.45, 7) is 4.40. The number of allylic oxidation sites excluding steroid dienone is 3. The summed E-state index contributed by atoms with van der Waals surface area (Å²) in [7, 11) is 0. The Balaban J connectivity index is 1.21. The van der Waals surface area contributed by atoms with Crippen LogP contribution in [0.2, 0.25) is 0 Å². The average Bonchev–Trinajstić information content (AvgIpc) is 3.54. The van der Waals surface area contributed by atoms with E-state index >= 15 is 0 Å². The quantitative estimate of drug-likeness (QED) is 0.209. The molecule has 2 unspecified atom stereocenters. The van der Waals surface area contributed by atoms with Crippen LogP contribution < -0.4 is 4.74 Å². The van der Waals surface area contributed by atoms with E-state index in [1.807, 2.05) is 17.8 Å². The van der Waals surface area contributed by atoms with Gasteiger partial charge in [-0.3, -0.25) is 4.99 Å². The van der Waals surface area contributed by atoms with E-state index in [1.165, 1.54) is 54.7 Å². The van der Waals surface area contributed by atoms with Crippen molar-refractivity contribution in [3.63, 3.8) is 0 Å². The van der Waals surface area contributed by atoms with E-state index in [-0.39, 0.29) is 0 Å². The zero-order valence-electron chi connectivity index (χ0n) is 22.1. The second-order valence-electron chi connectivity index (χ2n) is 10.7. The van der Waals surface area contributed by atoms with Gasteiger partial charge < -0.3 is 9.30 Å². The Labute approximate surface area is 238 Å². The SMILES string of the molecule is C=Nc1ccc2c(c1OCC1=Cc3c(n(-c4ccccc4)c4cc5ccccc5cc34)CC1)C1C=CC=CC1S2. The fourth-order valence-corrected chi connectivity index (χ4v) is 7.87. The summed E-state index contributed by atoms with van der Waals surface area (Å²) in [5.74, 6) is 1.20. The monoisotopic (exact) mass is 536 g/mol. The Hall–Kier alpha value is -4.28. The van der Waals surface area contributed by atoms with Gasteiger partial charge in [0, 0.05) is 44.0 Å². The maximum absolute atomic E-state index is 6.67. The van der Waals surface area contributed by atoms with Crippen LogP contribution in [0.15, 0.2) is 119 Å². The Morgan fingerprint density at radius 1 is 0.900 bits per heavy atom. The zero-order valence-corrected chi connectivity index (χ0v) is 22.9. The van der Waals surface area contributed by atoms with Gasteiger partial charge in [0.25, 0.3) is 0 Å². The number of rotatable bonds is 5. The number of hydrogen-bond acceptors (Lipinski definition) is 3. The van der Waals surface area contributed by atoms with Gasteiger partial charge >= 0.3 is 0 Å². The summed E-state index contributed by atoms with van der Waals surface area (Å²) in [6, 6.07) is 28.3. The lowest BCUT2D eigenvalue weighted by atomic mass is 9.91. The molecule has 3 nitrogen and oxygen atoms in total. The van der Waals surface area contributed by atoms with Gasteiger partial charge in [-0.15, -0.1) is 11.8 Å². The predicted molar refractivity (Wildman–Crippen MR) is 169 cm³/mol. The van der Waals surface area contributed by atoms with Crippen LogP contribution in [0.4, 0.5) is 5.69 Å². The molecule has 1 aromatic heterocycles. The Morgan fingerprint density at radius 3 is 2.55 bits per heavy atom. The number of benzene rings is 4. The number of aliphatic imine (C=N–C) groups is 1. The van der Waals surface area contributed by atoms with Crippen molar-refractivity contribution < 1.29 is 4.74 Å². The molecule has 2 atom stereocenters. The van der Waals surface area contributed by atoms with Crippen molar-refractivity contribution in [2.75, 3.05) is 6.61 Å². The Kier molecular flexibility index (Phi) is 5.56. The van der Waals surface area contributed by atoms with Crippen LogP contribution in [-0.2, 0) is 6.42 Å². The molecule has 0 amide bonds. The van der Waals surface area contributed by atoms with Crippen LogP contribution in [-0.4, -0.2) is 23.1 Å². The van der Waals surface area contributed by atoms with E-state index < -0.39 is 0 Å². The van der Waals surface area contributed by atoms with Gasteiger partial charge in [0.05, 0.1) is 5.52 Å². The summed E-state index contributed by atoms with van der Waals surface area (Å²) in [5, 5.41) is 4.24. The van der Waals surface area contributed by atoms with Crippen LogP contribution in [0.5, 0.6) is 5.75 Å². The molecular formula is C36H28N2OS. The van der Waals surface area contributed by atoms with Crippen molar-refractivity contribution in [2.45, 2.75) is 28.9 Å². The second-order valence-corrected chi connectivity index (χ2v) is 11.9. The van der Waals surface area contributed by atoms with E-state index in [0.717, 1.165) is 24.3 Å². The summed E-state index contributed by atoms with van der Waals surface area (Å²) >= 11 is 1.91. The predicted octanol–water partition coefficient (Wildman–Crippen LogP) is 9.21. The maximum atomic E-state index is 6.67. The van der Waals surface area contributed by atoms with E-state index in [9.17, 15) is 0 Å². The van der Waals surface area contributed by atoms with Crippen molar-refractivity contribution in [3.05, 3.63) is 126 Å². The lowest BCUT2D eigenvalue weighted by Gasteiger charge is -2.21. The van der Waals surface area contributed by atoms with Crippen molar-refractivity contribution in [3.8, 4) is 11.4 Å². The Morgan fingerprint density at radius 2 is 1.70 bits per heavy atom. The molecule has 0 saturated heterocycles. The van der Waals surface area contributed by atoms with Gasteiger partial charge in [0.2, 0.25) is 0 Å². The standard InChI is InChI=1S/C36H28N2OS/c1-37-30-16-18-34-35(27-13-7-8-14-33(27)40-34)36(30)39-22-23-15-17-31-28(19-23)29-20-24-9-5-6-10-25(24)21-32(29)38(31)26-11-3-2-4-12-26/h2-14,16,18-21,27,33H,1,15,17,22H2. The fourth-order valence-electron chi connectivity index (χ4n) is 6.53. The summed E-state index contributed by atoms with van der Waals surface area (Å²) in [6.07, 6.45) is 13.2. The molecule has 194 valence electrons. The number of thioether (sulfide) groups is 1. The first-order valence-corrected chi connectivity index (χ1v) is 14.8. The molecule has 0 bridgehead atoms. The lowest BCUT2D eigenvalue weighted by molar-refractivity contribution is 0.343. The van der Waals surface area contributed by atoms with E-state index in [0.29, 0.717) is 17.8 Å². The highest BCUT2D eigenvalue weighted by molar-refractivity contribution is 8.00. The summed E-state index contributed by atoms with van der Waals surface area (Å²) < 4.78 is 9.12. The van der Waals surface area contributed by atoms with Crippen LogP contribution >= 0.6 is 11.8 Å². The van der Waals surface area contributed by atoms with Crippen LogP contribution in [0.25, 0.3) is 33.4 Å². The fraction of sp³-hybridized carbons (Fsp3) is 0.139. The van der Waals surface area contributed by atoms with Gasteiger partial charge in [-0.05, 0) is 78.4 Å². The third-order valence-electron chi connectivity index (χ3n) is 8.41. The maximum Gasteiger partial charge on any atom is 0.150 e. The van der Waals surface area contributed by atoms with Crippen molar-refractivity contribution in [1.82, 2.24) is 4.57 Å². The van der Waals surface area contributed by atoms with Crippen molar-refractivity contribution in [2.24, 2.45) is 4.99 Å². The molecule has 8 rings (SSSR count). The number of nitrogens with zero attached hydrogens (tertiary/aromatic N) is 2. The van der Waals surface area contributed by atoms with Crippen LogP contribution in [0.3, 0.4) is 0 Å². The van der Waals surface area contributed by atoms with Gasteiger partial charge in [-0.1, -0.05) is 66.8 Å². The minimum absolute atomic E-state index is 0.311. The molecule has 0 N–H and O–H groups in total. The molecule has 0 spiro atoms. The minimum Gasteiger partial charge on any atom is -0.487 e. The molecule has 2 heterocycles. The third-order valence-corrected chi connectivity index (χ3v) is 9.74. The Bertz CT molecular complexity index is 1910. The normalized spacial score (nSPS) is 18.9. The first kappa shape index (κ1) is 23.6. The lowest BCUT2D eigenvalue weighted by Crippen LogP contribution is -2.12. The van der Waals surface area contributed by atoms with Gasteiger partial charge in [-0.25, -0.2) is 0 Å². The highest BCUT2D eigenvalue weighted by Gasteiger charge is 2.35. The van der Waals surface area contributed by atoms with E-state index in [2.05, 4.69) is 119 Å². The van der Waals surface area contributed by atoms with Crippen molar-refractivity contribution >= 4 is 51.9 Å². The zero-order chi connectivity index (χ0) is 26.6. The van der Waals surface area contributed by atoms with Crippen LogP contribution in [0.1, 0.15) is 29.2 Å². The van der Waals surface area contributed by atoms with E-state index in [1.54, 1.807) is 0 Å². The number of hydrogen-bond donors (Lipinski definition) is 0. The molecule has 4 aromatic carbocycles. The topological polar surface area (TPSA) is 26.5 Å². The first-order chi connectivity index (χ1) is 19.8. The molecule has 0 fully saturated rings. The smallest absolute Gasteiger partial charge is 0.150 e. The molecule has 0 radical (unpaired) electrons. The average molecular weight is 537 g/mol. The van der Waals surface area contributed by atoms with Gasteiger partial charge in [0.1, 0.15) is 18.0 Å². The van der Waals surface area contributed by atoms with E-state index in [4.69, 9.17) is 4.74 Å². The summed E-state index contributed by atoms with van der Waals surface area (Å²) in [4.78, 5) is 5.63. The molecule has 4 heteroatoms. The van der Waals surface area contributed by atoms with Crippen molar-refractivity contribution in [1.29, 1.82) is 0 Å². The number of ether oxygens (including phenoxy) is 1. The molecule has 0 saturated carbocycles. The molecule has 40 heavy (non-hydrogen) atoms. The second kappa shape index (κ2) is 9.42. The highest BCUT2D eigenvalue weighted by Crippen LogP contribution is 2.54. The summed E-state index contributed by atoms with van der Waals surface area (Å²) in [5.41, 5.74) is 8.53. The first-order valence-electron chi connectivity index (χ1n) is 13.9. The molecular weight excluding hydrogens is 508 g/mol. The highest BCUT2D eigenvalue weighted by atomic mass is 32.2. The number of fused-ring (bicyclic) bond motifs is 7. The molecule has 2 aliphatic carbocycles. The molecule has 1 aliphatic heterocycles. The van der Waals surface area contributed by atoms with Gasteiger partial charge in [0.15, 0.2) is 0 Å². The van der Waals surface area contributed by atoms with Gasteiger partial charge in [-0.2, -0.15) is 0 Å². The minimum atomic E-state index is 0.311. The van der Waals surface area contributed by atoms with Crippen LogP contribution in [0, 0.1) is 0 Å². The molecule has 3 aliphatic rings. The largest absolute Gasteiger partial charge is 0.487 e. The number of para-hydroxylation sites is 1. The number of aromatic nitrogens is 1. The third kappa shape index (κ3) is 3.70. The molecule has 5 aromatic rings.